The maximum atomic E-state index is 12.8. The normalized spacial score (nSPS) is 23.6. The van der Waals surface area contributed by atoms with Gasteiger partial charge in [-0.1, -0.05) is 5.21 Å². The van der Waals surface area contributed by atoms with E-state index in [4.69, 9.17) is 0 Å². The summed E-state index contributed by atoms with van der Waals surface area (Å²) in [6.45, 7) is 5.43. The smallest absolute Gasteiger partial charge is 0.254 e. The molecule has 26 heavy (non-hydrogen) atoms. The van der Waals surface area contributed by atoms with Crippen LogP contribution in [0.15, 0.2) is 18.2 Å². The van der Waals surface area contributed by atoms with Gasteiger partial charge in [0.1, 0.15) is 5.52 Å². The summed E-state index contributed by atoms with van der Waals surface area (Å²) in [6, 6.07) is 5.63. The van der Waals surface area contributed by atoms with Crippen LogP contribution in [0, 0.1) is 0 Å². The molecular weight excluding hydrogens is 354 g/mol. The zero-order valence-electron chi connectivity index (χ0n) is 14.8. The summed E-state index contributed by atoms with van der Waals surface area (Å²) in [4.78, 5) is 16.9. The minimum Gasteiger partial charge on any atom is -0.336 e. The Morgan fingerprint density at radius 3 is 2.65 bits per heavy atom. The zero-order valence-corrected chi connectivity index (χ0v) is 15.7. The van der Waals surface area contributed by atoms with E-state index in [0.717, 1.165) is 30.7 Å². The number of amides is 1. The molecule has 4 rings (SSSR count). The van der Waals surface area contributed by atoms with Gasteiger partial charge in [-0.2, -0.15) is 0 Å². The monoisotopic (exact) mass is 377 g/mol. The van der Waals surface area contributed by atoms with Crippen LogP contribution >= 0.6 is 0 Å². The van der Waals surface area contributed by atoms with Gasteiger partial charge in [0.2, 0.25) is 0 Å². The molecule has 1 amide bonds. The number of aromatic nitrogens is 3. The molecule has 2 saturated heterocycles. The van der Waals surface area contributed by atoms with Crippen molar-refractivity contribution in [1.82, 2.24) is 24.8 Å². The molecule has 9 heteroatoms. The first-order chi connectivity index (χ1) is 12.5. The van der Waals surface area contributed by atoms with Crippen LogP contribution < -0.4 is 0 Å². The van der Waals surface area contributed by atoms with Crippen LogP contribution in [0.5, 0.6) is 0 Å². The Morgan fingerprint density at radius 2 is 2.00 bits per heavy atom. The van der Waals surface area contributed by atoms with Crippen molar-refractivity contribution in [2.75, 3.05) is 37.7 Å². The van der Waals surface area contributed by atoms with Crippen molar-refractivity contribution in [3.05, 3.63) is 23.8 Å². The van der Waals surface area contributed by atoms with Gasteiger partial charge in [0.25, 0.3) is 5.91 Å². The Labute approximate surface area is 152 Å². The number of nitrogens with zero attached hydrogens (tertiary/aromatic N) is 5. The standard InChI is InChI=1S/C17H23N5O3S/c1-2-22-16-4-3-13(11-15(16)18-19-22)17(23)21-8-6-20(7-9-21)14-5-10-26(24,25)12-14/h3-4,11,14H,2,5-10,12H2,1H3. The lowest BCUT2D eigenvalue weighted by Crippen LogP contribution is -2.52. The Bertz CT molecular complexity index is 931. The van der Waals surface area contributed by atoms with Gasteiger partial charge in [0.15, 0.2) is 9.84 Å². The van der Waals surface area contributed by atoms with Gasteiger partial charge in [0, 0.05) is 44.3 Å². The first kappa shape index (κ1) is 17.4. The minimum absolute atomic E-state index is 0.00311. The molecule has 2 fully saturated rings. The number of fused-ring (bicyclic) bond motifs is 1. The second-order valence-corrected chi connectivity index (χ2v) is 9.22. The molecule has 140 valence electrons. The molecular formula is C17H23N5O3S. The van der Waals surface area contributed by atoms with Crippen LogP contribution in [0.4, 0.5) is 0 Å². The molecule has 3 heterocycles. The summed E-state index contributed by atoms with van der Waals surface area (Å²) in [7, 11) is -2.88. The molecule has 0 saturated carbocycles. The van der Waals surface area contributed by atoms with Gasteiger partial charge in [-0.3, -0.25) is 9.69 Å². The largest absolute Gasteiger partial charge is 0.336 e. The van der Waals surface area contributed by atoms with E-state index >= 15 is 0 Å². The molecule has 2 aliphatic heterocycles. The van der Waals surface area contributed by atoms with E-state index in [2.05, 4.69) is 15.2 Å². The van der Waals surface area contributed by atoms with E-state index in [1.165, 1.54) is 0 Å². The van der Waals surface area contributed by atoms with Crippen molar-refractivity contribution < 1.29 is 13.2 Å². The molecule has 0 bridgehead atoms. The third kappa shape index (κ3) is 3.21. The number of sulfone groups is 1. The molecule has 1 unspecified atom stereocenters. The summed E-state index contributed by atoms with van der Waals surface area (Å²) in [6.07, 6.45) is 0.708. The lowest BCUT2D eigenvalue weighted by Gasteiger charge is -2.37. The van der Waals surface area contributed by atoms with Crippen molar-refractivity contribution in [3.8, 4) is 0 Å². The first-order valence-electron chi connectivity index (χ1n) is 9.04. The van der Waals surface area contributed by atoms with E-state index in [-0.39, 0.29) is 23.5 Å². The fraction of sp³-hybridized carbons (Fsp3) is 0.588. The summed E-state index contributed by atoms with van der Waals surface area (Å²) >= 11 is 0. The Kier molecular flexibility index (Phi) is 4.44. The average Bonchev–Trinajstić information content (AvgIpc) is 3.23. The molecule has 0 aliphatic carbocycles. The summed E-state index contributed by atoms with van der Waals surface area (Å²) in [5, 5.41) is 8.21. The quantitative estimate of drug-likeness (QED) is 0.769. The van der Waals surface area contributed by atoms with Crippen LogP contribution in [0.1, 0.15) is 23.7 Å². The van der Waals surface area contributed by atoms with E-state index in [1.54, 1.807) is 10.7 Å². The molecule has 2 aromatic rings. The second kappa shape index (κ2) is 6.62. The van der Waals surface area contributed by atoms with Gasteiger partial charge in [-0.25, -0.2) is 13.1 Å². The molecule has 0 N–H and O–H groups in total. The Morgan fingerprint density at radius 1 is 1.23 bits per heavy atom. The van der Waals surface area contributed by atoms with E-state index < -0.39 is 9.84 Å². The van der Waals surface area contributed by atoms with Crippen molar-refractivity contribution in [2.24, 2.45) is 0 Å². The van der Waals surface area contributed by atoms with Gasteiger partial charge < -0.3 is 4.90 Å². The van der Waals surface area contributed by atoms with Gasteiger partial charge >= 0.3 is 0 Å². The van der Waals surface area contributed by atoms with Crippen LogP contribution in [-0.2, 0) is 16.4 Å². The fourth-order valence-corrected chi connectivity index (χ4v) is 5.64. The lowest BCUT2D eigenvalue weighted by molar-refractivity contribution is 0.0588. The highest BCUT2D eigenvalue weighted by Gasteiger charge is 2.34. The van der Waals surface area contributed by atoms with Crippen molar-refractivity contribution >= 4 is 26.8 Å². The van der Waals surface area contributed by atoms with E-state index in [0.29, 0.717) is 25.1 Å². The number of carbonyl (C=O) groups excluding carboxylic acids is 1. The third-order valence-corrected chi connectivity index (χ3v) is 7.14. The number of piperazine rings is 1. The Balaban J connectivity index is 1.42. The number of benzene rings is 1. The third-order valence-electron chi connectivity index (χ3n) is 5.39. The van der Waals surface area contributed by atoms with Gasteiger partial charge in [0.05, 0.1) is 17.0 Å². The number of aryl methyl sites for hydroxylation is 1. The van der Waals surface area contributed by atoms with Gasteiger partial charge in [-0.05, 0) is 31.5 Å². The highest BCUT2D eigenvalue weighted by molar-refractivity contribution is 7.91. The molecule has 1 aromatic heterocycles. The first-order valence-corrected chi connectivity index (χ1v) is 10.9. The zero-order chi connectivity index (χ0) is 18.3. The van der Waals surface area contributed by atoms with E-state index in [9.17, 15) is 13.2 Å². The number of hydrogen-bond donors (Lipinski definition) is 0. The topological polar surface area (TPSA) is 88.4 Å². The maximum Gasteiger partial charge on any atom is 0.254 e. The Hall–Kier alpha value is -2.00. The van der Waals surface area contributed by atoms with Crippen LogP contribution in [0.3, 0.4) is 0 Å². The molecule has 1 aromatic carbocycles. The van der Waals surface area contributed by atoms with Crippen molar-refractivity contribution in [1.29, 1.82) is 0 Å². The highest BCUT2D eigenvalue weighted by Crippen LogP contribution is 2.20. The molecule has 0 spiro atoms. The number of rotatable bonds is 3. The molecule has 1 atom stereocenters. The van der Waals surface area contributed by atoms with Crippen molar-refractivity contribution in [3.63, 3.8) is 0 Å². The summed E-state index contributed by atoms with van der Waals surface area (Å²) < 4.78 is 25.1. The van der Waals surface area contributed by atoms with Crippen LogP contribution in [0.25, 0.3) is 11.0 Å². The van der Waals surface area contributed by atoms with Crippen LogP contribution in [-0.4, -0.2) is 82.8 Å². The molecule has 2 aliphatic rings. The average molecular weight is 377 g/mol. The predicted molar refractivity (Wildman–Crippen MR) is 97.7 cm³/mol. The number of carbonyl (C=O) groups is 1. The SMILES string of the molecule is CCn1nnc2cc(C(=O)N3CCN(C4CCS(=O)(=O)C4)CC3)ccc21. The van der Waals surface area contributed by atoms with Crippen LogP contribution in [0.2, 0.25) is 0 Å². The number of hydrogen-bond acceptors (Lipinski definition) is 6. The van der Waals surface area contributed by atoms with Crippen molar-refractivity contribution in [2.45, 2.75) is 25.9 Å². The fourth-order valence-electron chi connectivity index (χ4n) is 3.87. The molecule has 8 nitrogen and oxygen atoms in total. The maximum absolute atomic E-state index is 12.8. The van der Waals surface area contributed by atoms with Gasteiger partial charge in [-0.15, -0.1) is 5.10 Å². The lowest BCUT2D eigenvalue weighted by atomic mass is 10.1. The summed E-state index contributed by atoms with van der Waals surface area (Å²) in [5.41, 5.74) is 2.28. The highest BCUT2D eigenvalue weighted by atomic mass is 32.2. The molecule has 0 radical (unpaired) electrons. The second-order valence-electron chi connectivity index (χ2n) is 6.99. The predicted octanol–water partition coefficient (Wildman–Crippen LogP) is 0.396. The minimum atomic E-state index is -2.88. The summed E-state index contributed by atoms with van der Waals surface area (Å²) in [5.74, 6) is 0.539. The van der Waals surface area contributed by atoms with E-state index in [1.807, 2.05) is 24.0 Å².